The lowest BCUT2D eigenvalue weighted by molar-refractivity contribution is -0.136. The fraction of sp³-hybridized carbons (Fsp3) is 0.615. The summed E-state index contributed by atoms with van der Waals surface area (Å²) >= 11 is 0.977. The molecule has 0 radical (unpaired) electrons. The highest BCUT2D eigenvalue weighted by atomic mass is 32.2. The van der Waals surface area contributed by atoms with Gasteiger partial charge in [0.25, 0.3) is 0 Å². The molecular weight excluding hydrogens is 314 g/mol. The number of carbonyl (C=O) groups is 1. The first-order valence-electron chi connectivity index (χ1n) is 6.83. The Labute approximate surface area is 127 Å². The van der Waals surface area contributed by atoms with Crippen LogP contribution in [0, 0.1) is 11.8 Å². The number of rotatable bonds is 7. The van der Waals surface area contributed by atoms with Crippen molar-refractivity contribution >= 4 is 27.3 Å². The Morgan fingerprint density at radius 1 is 1.33 bits per heavy atom. The van der Waals surface area contributed by atoms with E-state index in [2.05, 4.69) is 4.72 Å². The first kappa shape index (κ1) is 16.4. The molecule has 1 aromatic rings. The second-order valence-electron chi connectivity index (χ2n) is 5.28. The van der Waals surface area contributed by atoms with Crippen LogP contribution in [0.5, 0.6) is 0 Å². The van der Waals surface area contributed by atoms with Crippen LogP contribution in [-0.2, 0) is 21.2 Å². The molecule has 0 aromatic carbocycles. The minimum atomic E-state index is -3.60. The minimum Gasteiger partial charge on any atom is -0.481 e. The van der Waals surface area contributed by atoms with Crippen molar-refractivity contribution in [3.05, 3.63) is 17.0 Å². The fourth-order valence-electron chi connectivity index (χ4n) is 2.66. The maximum absolute atomic E-state index is 12.2. The lowest BCUT2D eigenvalue weighted by Gasteiger charge is -2.17. The van der Waals surface area contributed by atoms with Crippen LogP contribution < -0.4 is 4.72 Å². The lowest BCUT2D eigenvalue weighted by Crippen LogP contribution is -2.31. The van der Waals surface area contributed by atoms with Crippen molar-refractivity contribution in [2.24, 2.45) is 11.8 Å². The van der Waals surface area contributed by atoms with Crippen LogP contribution >= 0.6 is 11.3 Å². The molecule has 2 rings (SSSR count). The summed E-state index contributed by atoms with van der Waals surface area (Å²) in [6, 6.07) is 2.96. The number of carboxylic acids is 1. The van der Waals surface area contributed by atoms with Gasteiger partial charge in [-0.2, -0.15) is 0 Å². The van der Waals surface area contributed by atoms with E-state index in [1.54, 1.807) is 0 Å². The normalized spacial score (nSPS) is 22.5. The summed E-state index contributed by atoms with van der Waals surface area (Å²) in [4.78, 5) is 11.1. The number of aliphatic carboxylic acids is 1. The van der Waals surface area contributed by atoms with Gasteiger partial charge in [0.05, 0.1) is 6.42 Å². The topological polar surface area (TPSA) is 104 Å². The third-order valence-electron chi connectivity index (χ3n) is 3.81. The molecule has 0 bridgehead atoms. The molecule has 1 heterocycles. The van der Waals surface area contributed by atoms with Crippen LogP contribution in [0.15, 0.2) is 16.3 Å². The molecular formula is C13H19NO5S2. The van der Waals surface area contributed by atoms with E-state index >= 15 is 0 Å². The quantitative estimate of drug-likeness (QED) is 0.692. The molecule has 0 spiro atoms. The van der Waals surface area contributed by atoms with Gasteiger partial charge in [-0.15, -0.1) is 11.3 Å². The van der Waals surface area contributed by atoms with Crippen LogP contribution in [0.2, 0.25) is 0 Å². The Hall–Kier alpha value is -0.960. The molecule has 3 N–H and O–H groups in total. The zero-order chi connectivity index (χ0) is 15.5. The summed E-state index contributed by atoms with van der Waals surface area (Å²) in [5, 5.41) is 17.9. The fourth-order valence-corrected chi connectivity index (χ4v) is 5.14. The zero-order valence-electron chi connectivity index (χ0n) is 11.5. The number of nitrogens with one attached hydrogen (secondary N) is 1. The van der Waals surface area contributed by atoms with Crippen molar-refractivity contribution in [3.8, 4) is 0 Å². The summed E-state index contributed by atoms with van der Waals surface area (Å²) in [5.41, 5.74) is 0. The number of hydrogen-bond acceptors (Lipinski definition) is 5. The number of aliphatic hydroxyl groups is 1. The van der Waals surface area contributed by atoms with Crippen molar-refractivity contribution in [3.63, 3.8) is 0 Å². The Morgan fingerprint density at radius 3 is 2.71 bits per heavy atom. The van der Waals surface area contributed by atoms with E-state index in [1.165, 1.54) is 12.1 Å². The SMILES string of the molecule is O=C(O)Cc1ccc(S(=O)(=O)NCC2CCCC2CO)s1. The third-order valence-corrected chi connectivity index (χ3v) is 6.81. The second-order valence-corrected chi connectivity index (χ2v) is 8.44. The Morgan fingerprint density at radius 2 is 2.05 bits per heavy atom. The smallest absolute Gasteiger partial charge is 0.308 e. The number of sulfonamides is 1. The predicted molar refractivity (Wildman–Crippen MR) is 78.8 cm³/mol. The molecule has 0 aliphatic heterocycles. The van der Waals surface area contributed by atoms with Gasteiger partial charge >= 0.3 is 5.97 Å². The molecule has 1 fully saturated rings. The minimum absolute atomic E-state index is 0.0914. The predicted octanol–water partition coefficient (Wildman–Crippen LogP) is 1.06. The van der Waals surface area contributed by atoms with Gasteiger partial charge in [0, 0.05) is 18.0 Å². The maximum Gasteiger partial charge on any atom is 0.308 e. The van der Waals surface area contributed by atoms with E-state index in [-0.39, 0.29) is 29.1 Å². The van der Waals surface area contributed by atoms with Crippen molar-refractivity contribution in [1.29, 1.82) is 0 Å². The number of aliphatic hydroxyl groups excluding tert-OH is 1. The second kappa shape index (κ2) is 6.87. The molecule has 1 saturated carbocycles. The summed E-state index contributed by atoms with van der Waals surface area (Å²) < 4.78 is 27.1. The number of thiophene rings is 1. The molecule has 6 nitrogen and oxygen atoms in total. The molecule has 1 aliphatic carbocycles. The van der Waals surface area contributed by atoms with Crippen LogP contribution in [-0.4, -0.2) is 37.8 Å². The van der Waals surface area contributed by atoms with Gasteiger partial charge in [-0.1, -0.05) is 6.42 Å². The van der Waals surface area contributed by atoms with E-state index in [0.717, 1.165) is 30.6 Å². The lowest BCUT2D eigenvalue weighted by atomic mass is 9.97. The largest absolute Gasteiger partial charge is 0.481 e. The van der Waals surface area contributed by atoms with Gasteiger partial charge in [0.15, 0.2) is 0 Å². The molecule has 2 unspecified atom stereocenters. The van der Waals surface area contributed by atoms with Crippen molar-refractivity contribution in [1.82, 2.24) is 4.72 Å². The van der Waals surface area contributed by atoms with Crippen molar-refractivity contribution in [2.75, 3.05) is 13.2 Å². The molecule has 1 aromatic heterocycles. The summed E-state index contributed by atoms with van der Waals surface area (Å²) in [7, 11) is -3.60. The summed E-state index contributed by atoms with van der Waals surface area (Å²) in [6.45, 7) is 0.411. The Bertz CT molecular complexity index is 595. The average Bonchev–Trinajstić information content (AvgIpc) is 3.04. The average molecular weight is 333 g/mol. The highest BCUT2D eigenvalue weighted by molar-refractivity contribution is 7.91. The molecule has 2 atom stereocenters. The zero-order valence-corrected chi connectivity index (χ0v) is 13.1. The standard InChI is InChI=1S/C13H19NO5S2/c15-8-10-3-1-2-9(10)7-14-21(18,19)13-5-4-11(20-13)6-12(16)17/h4-5,9-10,14-15H,1-3,6-8H2,(H,16,17). The molecule has 1 aliphatic rings. The Balaban J connectivity index is 1.98. The van der Waals surface area contributed by atoms with Gasteiger partial charge in [0.1, 0.15) is 4.21 Å². The van der Waals surface area contributed by atoms with E-state index in [9.17, 15) is 18.3 Å². The monoisotopic (exact) mass is 333 g/mol. The van der Waals surface area contributed by atoms with Crippen LogP contribution in [0.1, 0.15) is 24.1 Å². The first-order valence-corrected chi connectivity index (χ1v) is 9.13. The Kier molecular flexibility index (Phi) is 5.37. The van der Waals surface area contributed by atoms with Crippen molar-refractivity contribution in [2.45, 2.75) is 29.9 Å². The highest BCUT2D eigenvalue weighted by Crippen LogP contribution is 2.31. The van der Waals surface area contributed by atoms with Gasteiger partial charge in [0.2, 0.25) is 10.0 Å². The van der Waals surface area contributed by atoms with Crippen molar-refractivity contribution < 1.29 is 23.4 Å². The summed E-state index contributed by atoms with van der Waals surface area (Å²) in [5.74, 6) is -0.646. The number of hydrogen-bond donors (Lipinski definition) is 3. The van der Waals surface area contributed by atoms with Crippen LogP contribution in [0.25, 0.3) is 0 Å². The molecule has 0 saturated heterocycles. The van der Waals surface area contributed by atoms with E-state index < -0.39 is 16.0 Å². The van der Waals surface area contributed by atoms with E-state index in [1.807, 2.05) is 0 Å². The van der Waals surface area contributed by atoms with E-state index in [0.29, 0.717) is 11.4 Å². The van der Waals surface area contributed by atoms with Gasteiger partial charge < -0.3 is 10.2 Å². The molecule has 0 amide bonds. The van der Waals surface area contributed by atoms with Gasteiger partial charge in [-0.3, -0.25) is 4.79 Å². The summed E-state index contributed by atoms with van der Waals surface area (Å²) in [6.07, 6.45) is 2.70. The maximum atomic E-state index is 12.2. The van der Waals surface area contributed by atoms with Crippen LogP contribution in [0.4, 0.5) is 0 Å². The first-order chi connectivity index (χ1) is 9.92. The van der Waals surface area contributed by atoms with Gasteiger partial charge in [-0.25, -0.2) is 13.1 Å². The van der Waals surface area contributed by atoms with E-state index in [4.69, 9.17) is 5.11 Å². The van der Waals surface area contributed by atoms with Gasteiger partial charge in [-0.05, 0) is 36.8 Å². The molecule has 118 valence electrons. The molecule has 8 heteroatoms. The highest BCUT2D eigenvalue weighted by Gasteiger charge is 2.28. The third kappa shape index (κ3) is 4.26. The number of carboxylic acid groups (broad SMARTS) is 1. The molecule has 21 heavy (non-hydrogen) atoms. The van der Waals surface area contributed by atoms with Crippen LogP contribution in [0.3, 0.4) is 0 Å².